The van der Waals surface area contributed by atoms with Crippen LogP contribution in [0.1, 0.15) is 54.4 Å². The lowest BCUT2D eigenvalue weighted by molar-refractivity contribution is -0.140. The van der Waals surface area contributed by atoms with Gasteiger partial charge in [0.2, 0.25) is 11.8 Å². The summed E-state index contributed by atoms with van der Waals surface area (Å²) in [5.74, 6) is -0.844. The molecule has 1 atom stereocenters. The predicted molar refractivity (Wildman–Crippen MR) is 198 cm³/mol. The Hall–Kier alpha value is -3.56. The minimum Gasteiger partial charge on any atom is -0.352 e. The monoisotopic (exact) mass is 739 g/mol. The summed E-state index contributed by atoms with van der Waals surface area (Å²) >= 11 is 18.7. The maximum Gasteiger partial charge on any atom is 0.264 e. The molecule has 11 heteroatoms. The Morgan fingerprint density at radius 3 is 2.14 bits per heavy atom. The molecular weight excluding hydrogens is 701 g/mol. The number of hydrogen-bond acceptors (Lipinski definition) is 4. The molecule has 0 aromatic heterocycles. The van der Waals surface area contributed by atoms with Gasteiger partial charge >= 0.3 is 0 Å². The fraction of sp³-hybridized carbons (Fsp3) is 0.316. The van der Waals surface area contributed by atoms with Crippen molar-refractivity contribution in [3.8, 4) is 0 Å². The van der Waals surface area contributed by atoms with E-state index < -0.39 is 28.5 Å². The highest BCUT2D eigenvalue weighted by atomic mass is 35.5. The van der Waals surface area contributed by atoms with Crippen LogP contribution >= 0.6 is 34.8 Å². The number of benzene rings is 4. The third-order valence-corrected chi connectivity index (χ3v) is 11.8. The zero-order valence-corrected chi connectivity index (χ0v) is 30.6. The Kier molecular flexibility index (Phi) is 12.3. The number of nitrogens with zero attached hydrogens (tertiary/aromatic N) is 2. The summed E-state index contributed by atoms with van der Waals surface area (Å²) in [4.78, 5) is 30.5. The van der Waals surface area contributed by atoms with Gasteiger partial charge in [0.05, 0.1) is 20.6 Å². The SMILES string of the molecule is Cc1ccc(N(CC(=O)N(Cc2ccc(Cl)c(Cl)c2)[C@@H](Cc2ccccc2)C(=O)NC2CCCCC2)S(=O)(=O)c2ccc(Cl)cc2)cc1C. The third-order valence-electron chi connectivity index (χ3n) is 9.02. The second-order valence-electron chi connectivity index (χ2n) is 12.6. The molecule has 1 aliphatic rings. The van der Waals surface area contributed by atoms with Crippen LogP contribution in [0, 0.1) is 13.8 Å². The highest BCUT2D eigenvalue weighted by Gasteiger charge is 2.35. The smallest absolute Gasteiger partial charge is 0.264 e. The molecule has 4 aromatic rings. The molecule has 0 radical (unpaired) electrons. The minimum absolute atomic E-state index is 0.00114. The molecule has 4 aromatic carbocycles. The van der Waals surface area contributed by atoms with E-state index in [0.717, 1.165) is 53.1 Å². The average Bonchev–Trinajstić information content (AvgIpc) is 3.09. The number of carbonyl (C=O) groups is 2. The van der Waals surface area contributed by atoms with Gasteiger partial charge in [0, 0.05) is 24.0 Å². The molecule has 0 bridgehead atoms. The normalized spacial score (nSPS) is 14.2. The van der Waals surface area contributed by atoms with Crippen molar-refractivity contribution in [1.82, 2.24) is 10.2 Å². The van der Waals surface area contributed by atoms with E-state index in [4.69, 9.17) is 34.8 Å². The fourth-order valence-electron chi connectivity index (χ4n) is 6.08. The van der Waals surface area contributed by atoms with Crippen molar-refractivity contribution in [3.63, 3.8) is 0 Å². The van der Waals surface area contributed by atoms with Gasteiger partial charge in [-0.2, -0.15) is 0 Å². The molecule has 5 rings (SSSR count). The van der Waals surface area contributed by atoms with Crippen LogP contribution in [-0.2, 0) is 32.6 Å². The van der Waals surface area contributed by atoms with E-state index >= 15 is 0 Å². The largest absolute Gasteiger partial charge is 0.352 e. The molecule has 0 heterocycles. The molecule has 1 aliphatic carbocycles. The highest BCUT2D eigenvalue weighted by Crippen LogP contribution is 2.29. The molecule has 0 saturated heterocycles. The molecule has 0 aliphatic heterocycles. The summed E-state index contributed by atoms with van der Waals surface area (Å²) < 4.78 is 29.7. The van der Waals surface area contributed by atoms with Crippen LogP contribution in [0.2, 0.25) is 15.1 Å². The number of rotatable bonds is 12. The molecule has 1 N–H and O–H groups in total. The van der Waals surface area contributed by atoms with Gasteiger partial charge in [-0.05, 0) is 97.5 Å². The molecule has 1 saturated carbocycles. The van der Waals surface area contributed by atoms with E-state index in [1.807, 2.05) is 50.2 Å². The fourth-order valence-corrected chi connectivity index (χ4v) is 7.93. The van der Waals surface area contributed by atoms with Gasteiger partial charge in [0.15, 0.2) is 0 Å². The molecule has 0 unspecified atom stereocenters. The number of nitrogens with one attached hydrogen (secondary N) is 1. The van der Waals surface area contributed by atoms with Crippen molar-refractivity contribution in [2.24, 2.45) is 0 Å². The van der Waals surface area contributed by atoms with E-state index in [0.29, 0.717) is 26.3 Å². The van der Waals surface area contributed by atoms with Crippen LogP contribution in [0.5, 0.6) is 0 Å². The Balaban J connectivity index is 1.59. The van der Waals surface area contributed by atoms with Crippen molar-refractivity contribution in [3.05, 3.63) is 128 Å². The lowest BCUT2D eigenvalue weighted by Crippen LogP contribution is -2.55. The maximum atomic E-state index is 14.8. The number of amides is 2. The Morgan fingerprint density at radius 2 is 1.49 bits per heavy atom. The first kappa shape index (κ1) is 36.7. The Morgan fingerprint density at radius 1 is 0.796 bits per heavy atom. The first-order valence-electron chi connectivity index (χ1n) is 16.4. The Bertz CT molecular complexity index is 1880. The average molecular weight is 741 g/mol. The Labute approximate surface area is 304 Å². The number of hydrogen-bond donors (Lipinski definition) is 1. The van der Waals surface area contributed by atoms with Crippen molar-refractivity contribution >= 4 is 62.3 Å². The predicted octanol–water partition coefficient (Wildman–Crippen LogP) is 8.55. The maximum absolute atomic E-state index is 14.8. The van der Waals surface area contributed by atoms with Gasteiger partial charge in [-0.25, -0.2) is 8.42 Å². The van der Waals surface area contributed by atoms with Crippen molar-refractivity contribution in [1.29, 1.82) is 0 Å². The van der Waals surface area contributed by atoms with E-state index in [1.54, 1.807) is 30.3 Å². The van der Waals surface area contributed by atoms with Crippen LogP contribution in [0.4, 0.5) is 5.69 Å². The summed E-state index contributed by atoms with van der Waals surface area (Å²) in [6.45, 7) is 3.25. The van der Waals surface area contributed by atoms with Gasteiger partial charge in [0.1, 0.15) is 12.6 Å². The second kappa shape index (κ2) is 16.4. The van der Waals surface area contributed by atoms with E-state index in [9.17, 15) is 18.0 Å². The van der Waals surface area contributed by atoms with E-state index in [2.05, 4.69) is 5.32 Å². The van der Waals surface area contributed by atoms with Gasteiger partial charge < -0.3 is 10.2 Å². The highest BCUT2D eigenvalue weighted by molar-refractivity contribution is 7.92. The summed E-state index contributed by atoms with van der Waals surface area (Å²) in [6, 6.07) is 24.7. The standard InChI is InChI=1S/C38H40Cl3N3O4S/c1-26-13-17-32(21-27(26)2)44(49(47,48)33-18-15-30(39)16-19-33)25-37(45)43(24-29-14-20-34(40)35(41)22-29)36(23-28-9-5-3-6-10-28)38(46)42-31-11-7-4-8-12-31/h3,5-6,9-10,13-22,31,36H,4,7-8,11-12,23-25H2,1-2H3,(H,42,46)/t36-/m0/s1. The molecule has 7 nitrogen and oxygen atoms in total. The molecule has 2 amide bonds. The third kappa shape index (κ3) is 9.37. The van der Waals surface area contributed by atoms with Crippen molar-refractivity contribution in [2.45, 2.75) is 75.9 Å². The number of sulfonamides is 1. The molecule has 49 heavy (non-hydrogen) atoms. The molecule has 0 spiro atoms. The summed E-state index contributed by atoms with van der Waals surface area (Å²) in [6.07, 6.45) is 5.12. The van der Waals surface area contributed by atoms with Gasteiger partial charge in [0.25, 0.3) is 10.0 Å². The number of carbonyl (C=O) groups excluding carboxylic acids is 2. The lowest BCUT2D eigenvalue weighted by Gasteiger charge is -2.35. The van der Waals surface area contributed by atoms with Gasteiger partial charge in [-0.15, -0.1) is 0 Å². The lowest BCUT2D eigenvalue weighted by atomic mass is 9.94. The summed E-state index contributed by atoms with van der Waals surface area (Å²) in [7, 11) is -4.25. The van der Waals surface area contributed by atoms with Crippen molar-refractivity contribution < 1.29 is 18.0 Å². The van der Waals surface area contributed by atoms with Crippen LogP contribution < -0.4 is 9.62 Å². The van der Waals surface area contributed by atoms with Gasteiger partial charge in [-0.3, -0.25) is 13.9 Å². The summed E-state index contributed by atoms with van der Waals surface area (Å²) in [5, 5.41) is 4.26. The molecule has 1 fully saturated rings. The summed E-state index contributed by atoms with van der Waals surface area (Å²) in [5.41, 5.74) is 3.67. The number of halogens is 3. The van der Waals surface area contributed by atoms with Crippen LogP contribution in [0.3, 0.4) is 0 Å². The zero-order valence-electron chi connectivity index (χ0n) is 27.5. The van der Waals surface area contributed by atoms with Gasteiger partial charge in [-0.1, -0.05) is 96.5 Å². The number of anilines is 1. The molecule has 258 valence electrons. The quantitative estimate of drug-likeness (QED) is 0.158. The number of aryl methyl sites for hydroxylation is 2. The van der Waals surface area contributed by atoms with Crippen LogP contribution in [0.25, 0.3) is 0 Å². The molecular formula is C38H40Cl3N3O4S. The minimum atomic E-state index is -4.25. The first-order chi connectivity index (χ1) is 23.4. The van der Waals surface area contributed by atoms with Crippen molar-refractivity contribution in [2.75, 3.05) is 10.8 Å². The zero-order chi connectivity index (χ0) is 35.1. The first-order valence-corrected chi connectivity index (χ1v) is 18.9. The van der Waals surface area contributed by atoms with Crippen LogP contribution in [-0.4, -0.2) is 43.8 Å². The second-order valence-corrected chi connectivity index (χ2v) is 15.7. The van der Waals surface area contributed by atoms with Crippen LogP contribution in [0.15, 0.2) is 95.9 Å². The van der Waals surface area contributed by atoms with E-state index in [1.165, 1.54) is 29.2 Å². The van der Waals surface area contributed by atoms with E-state index in [-0.39, 0.29) is 29.8 Å². The topological polar surface area (TPSA) is 86.8 Å².